The minimum absolute atomic E-state index is 0.218. The Balaban J connectivity index is 2.29. The number of aryl methyl sites for hydroxylation is 1. The molecule has 0 heterocycles. The lowest BCUT2D eigenvalue weighted by atomic mass is 10.0. The zero-order chi connectivity index (χ0) is 22.6. The monoisotopic (exact) mass is 442 g/mol. The summed E-state index contributed by atoms with van der Waals surface area (Å²) >= 11 is 0. The van der Waals surface area contributed by atoms with Gasteiger partial charge in [0.05, 0.1) is 33.3 Å². The molecule has 0 spiro atoms. The van der Waals surface area contributed by atoms with E-state index in [0.29, 0.717) is 34.1 Å². The van der Waals surface area contributed by atoms with Crippen molar-refractivity contribution < 1.29 is 27.4 Å². The lowest BCUT2D eigenvalue weighted by Gasteiger charge is -2.23. The fourth-order valence-electron chi connectivity index (χ4n) is 3.43. The Morgan fingerprint density at radius 2 is 1.23 bits per heavy atom. The molecule has 0 bridgehead atoms. The van der Waals surface area contributed by atoms with Gasteiger partial charge in [0, 0.05) is 11.6 Å². The molecule has 0 saturated heterocycles. The van der Waals surface area contributed by atoms with E-state index >= 15 is 0 Å². The third kappa shape index (κ3) is 4.46. The molecule has 164 valence electrons. The summed E-state index contributed by atoms with van der Waals surface area (Å²) in [6.07, 6.45) is 0. The molecule has 0 N–H and O–H groups in total. The maximum atomic E-state index is 13.9. The lowest BCUT2D eigenvalue weighted by molar-refractivity contribution is 0.347. The maximum absolute atomic E-state index is 13.9. The van der Waals surface area contributed by atoms with E-state index in [9.17, 15) is 8.42 Å². The summed E-state index contributed by atoms with van der Waals surface area (Å²) in [7, 11) is 2.24. The first-order valence-corrected chi connectivity index (χ1v) is 11.1. The smallest absolute Gasteiger partial charge is 0.189 e. The van der Waals surface area contributed by atoms with Crippen molar-refractivity contribution in [3.8, 4) is 23.0 Å². The van der Waals surface area contributed by atoms with Crippen molar-refractivity contribution in [3.05, 3.63) is 77.4 Å². The van der Waals surface area contributed by atoms with Crippen LogP contribution in [0.3, 0.4) is 0 Å². The molecule has 0 aliphatic rings. The highest BCUT2D eigenvalue weighted by atomic mass is 32.2. The first kappa shape index (κ1) is 22.5. The van der Waals surface area contributed by atoms with E-state index in [1.165, 1.54) is 21.3 Å². The van der Waals surface area contributed by atoms with Crippen LogP contribution in [0.1, 0.15) is 21.9 Å². The van der Waals surface area contributed by atoms with Gasteiger partial charge >= 0.3 is 0 Å². The fourth-order valence-corrected chi connectivity index (χ4v) is 5.25. The molecule has 0 aliphatic carbocycles. The Hall–Kier alpha value is -3.19. The molecular formula is C24H26O6S. The molecule has 3 aromatic rings. The largest absolute Gasteiger partial charge is 0.497 e. The average molecular weight is 443 g/mol. The van der Waals surface area contributed by atoms with Crippen LogP contribution in [-0.2, 0) is 9.84 Å². The average Bonchev–Trinajstić information content (AvgIpc) is 2.79. The molecule has 1 atom stereocenters. The van der Waals surface area contributed by atoms with Gasteiger partial charge in [-0.1, -0.05) is 29.8 Å². The van der Waals surface area contributed by atoms with E-state index in [0.717, 1.165) is 5.56 Å². The molecule has 3 rings (SSSR count). The molecule has 0 saturated carbocycles. The summed E-state index contributed by atoms with van der Waals surface area (Å²) in [4.78, 5) is 0.218. The summed E-state index contributed by atoms with van der Waals surface area (Å²) in [5.41, 5.74) is 2.00. The molecule has 0 aliphatic heterocycles. The number of benzene rings is 3. The predicted octanol–water partition coefficient (Wildman–Crippen LogP) is 4.59. The van der Waals surface area contributed by atoms with Crippen LogP contribution in [0.4, 0.5) is 0 Å². The first-order chi connectivity index (χ1) is 14.8. The second-order valence-electron chi connectivity index (χ2n) is 6.96. The molecule has 3 aromatic carbocycles. The minimum atomic E-state index is -3.84. The van der Waals surface area contributed by atoms with E-state index in [4.69, 9.17) is 18.9 Å². The van der Waals surface area contributed by atoms with Gasteiger partial charge in [-0.25, -0.2) is 8.42 Å². The van der Waals surface area contributed by atoms with Crippen molar-refractivity contribution in [2.45, 2.75) is 17.1 Å². The summed E-state index contributed by atoms with van der Waals surface area (Å²) in [5, 5.41) is -1.03. The van der Waals surface area contributed by atoms with Crippen LogP contribution < -0.4 is 18.9 Å². The quantitative estimate of drug-likeness (QED) is 0.508. The maximum Gasteiger partial charge on any atom is 0.189 e. The number of methoxy groups -OCH3 is 4. The third-order valence-electron chi connectivity index (χ3n) is 5.10. The topological polar surface area (TPSA) is 71.1 Å². The van der Waals surface area contributed by atoms with Gasteiger partial charge in [-0.05, 0) is 42.8 Å². The van der Waals surface area contributed by atoms with Crippen LogP contribution in [0, 0.1) is 6.92 Å². The normalized spacial score (nSPS) is 12.2. The van der Waals surface area contributed by atoms with Gasteiger partial charge in [0.1, 0.15) is 16.7 Å². The molecular weight excluding hydrogens is 416 g/mol. The number of sulfone groups is 1. The second kappa shape index (κ2) is 9.31. The molecule has 0 radical (unpaired) electrons. The van der Waals surface area contributed by atoms with E-state index in [1.807, 2.05) is 6.92 Å². The highest BCUT2D eigenvalue weighted by molar-refractivity contribution is 7.92. The molecule has 0 amide bonds. The second-order valence-corrected chi connectivity index (χ2v) is 8.99. The van der Waals surface area contributed by atoms with E-state index in [2.05, 4.69) is 0 Å². The van der Waals surface area contributed by atoms with Crippen molar-refractivity contribution in [2.75, 3.05) is 28.4 Å². The van der Waals surface area contributed by atoms with Crippen molar-refractivity contribution in [1.29, 1.82) is 0 Å². The van der Waals surface area contributed by atoms with E-state index in [-0.39, 0.29) is 4.90 Å². The Bertz CT molecular complexity index is 1140. The molecule has 0 aromatic heterocycles. The Kier molecular flexibility index (Phi) is 6.75. The number of ether oxygens (including phenoxy) is 4. The van der Waals surface area contributed by atoms with E-state index < -0.39 is 15.1 Å². The van der Waals surface area contributed by atoms with E-state index in [1.54, 1.807) is 67.8 Å². The Labute approximate surface area is 183 Å². The van der Waals surface area contributed by atoms with Gasteiger partial charge in [0.2, 0.25) is 0 Å². The summed E-state index contributed by atoms with van der Waals surface area (Å²) in [6, 6.07) is 17.0. The fraction of sp³-hybridized carbons (Fsp3) is 0.250. The third-order valence-corrected chi connectivity index (χ3v) is 7.17. The first-order valence-electron chi connectivity index (χ1n) is 9.60. The zero-order valence-corrected chi connectivity index (χ0v) is 19.0. The molecule has 6 nitrogen and oxygen atoms in total. The molecule has 31 heavy (non-hydrogen) atoms. The number of hydrogen-bond acceptors (Lipinski definition) is 6. The van der Waals surface area contributed by atoms with Crippen LogP contribution in [0.5, 0.6) is 23.0 Å². The van der Waals surface area contributed by atoms with Crippen molar-refractivity contribution >= 4 is 9.84 Å². The zero-order valence-electron chi connectivity index (χ0n) is 18.2. The Morgan fingerprint density at radius 3 is 1.74 bits per heavy atom. The minimum Gasteiger partial charge on any atom is -0.497 e. The lowest BCUT2D eigenvalue weighted by Crippen LogP contribution is -2.16. The van der Waals surface area contributed by atoms with Crippen LogP contribution in [0.15, 0.2) is 65.6 Å². The van der Waals surface area contributed by atoms with Gasteiger partial charge in [0.15, 0.2) is 21.3 Å². The molecule has 7 heteroatoms. The van der Waals surface area contributed by atoms with Crippen LogP contribution in [-0.4, -0.2) is 36.9 Å². The van der Waals surface area contributed by atoms with Gasteiger partial charge < -0.3 is 18.9 Å². The van der Waals surface area contributed by atoms with Crippen LogP contribution in [0.25, 0.3) is 0 Å². The van der Waals surface area contributed by atoms with Gasteiger partial charge in [-0.15, -0.1) is 0 Å². The highest BCUT2D eigenvalue weighted by Crippen LogP contribution is 2.44. The number of rotatable bonds is 8. The predicted molar refractivity (Wildman–Crippen MR) is 119 cm³/mol. The van der Waals surface area contributed by atoms with Crippen molar-refractivity contribution in [3.63, 3.8) is 0 Å². The highest BCUT2D eigenvalue weighted by Gasteiger charge is 2.34. The summed E-state index contributed by atoms with van der Waals surface area (Å²) < 4.78 is 49.3. The molecule has 0 fully saturated rings. The number of hydrogen-bond donors (Lipinski definition) is 0. The van der Waals surface area contributed by atoms with Crippen molar-refractivity contribution in [2.24, 2.45) is 0 Å². The SMILES string of the molecule is COc1ccc(C(c2cc(OC)c(OC)cc2OC)S(=O)(=O)c2ccc(C)cc2)cc1. The van der Waals surface area contributed by atoms with Gasteiger partial charge in [-0.3, -0.25) is 0 Å². The summed E-state index contributed by atoms with van der Waals surface area (Å²) in [6.45, 7) is 1.91. The van der Waals surface area contributed by atoms with Crippen molar-refractivity contribution in [1.82, 2.24) is 0 Å². The van der Waals surface area contributed by atoms with Gasteiger partial charge in [-0.2, -0.15) is 0 Å². The van der Waals surface area contributed by atoms with Crippen LogP contribution in [0.2, 0.25) is 0 Å². The Morgan fingerprint density at radius 1 is 0.677 bits per heavy atom. The standard InChI is InChI=1S/C24H26O6S/c1-16-6-12-19(13-7-16)31(25,26)24(17-8-10-18(27-2)11-9-17)20-14-22(29-4)23(30-5)15-21(20)28-3/h6-15,24H,1-5H3. The van der Waals surface area contributed by atoms with Crippen LogP contribution >= 0.6 is 0 Å². The summed E-state index contributed by atoms with van der Waals surface area (Å²) in [5.74, 6) is 1.88. The van der Waals surface area contributed by atoms with Gasteiger partial charge in [0.25, 0.3) is 0 Å². The molecule has 1 unspecified atom stereocenters.